The number of carboxylic acids is 1. The largest absolute Gasteiger partial charge is 0.544 e. The number of carbonyl (C=O) groups is 1. The van der Waals surface area contributed by atoms with Gasteiger partial charge in [-0.25, -0.2) is 17.5 Å². The van der Waals surface area contributed by atoms with Crippen molar-refractivity contribution < 1.29 is 53.5 Å². The molecular weight excluding hydrogens is 449 g/mol. The predicted molar refractivity (Wildman–Crippen MR) is 92.2 cm³/mol. The number of nitrogens with one attached hydrogen (secondary N) is 1. The van der Waals surface area contributed by atoms with E-state index in [0.717, 1.165) is 0 Å². The fraction of sp³-hybridized carbons (Fsp3) is 0.938. The van der Waals surface area contributed by atoms with Gasteiger partial charge in [0.1, 0.15) is 6.54 Å². The second-order valence-corrected chi connectivity index (χ2v) is 9.96. The van der Waals surface area contributed by atoms with Crippen LogP contribution in [0.3, 0.4) is 0 Å². The van der Waals surface area contributed by atoms with Crippen LogP contribution in [0.2, 0.25) is 0 Å². The van der Waals surface area contributed by atoms with Crippen LogP contribution in [0.1, 0.15) is 32.6 Å². The summed E-state index contributed by atoms with van der Waals surface area (Å²) < 4.78 is 116. The number of aliphatic carboxylic acids is 1. The zero-order valence-corrected chi connectivity index (χ0v) is 17.7. The second-order valence-electron chi connectivity index (χ2n) is 8.04. The number of sulfonamides is 1. The summed E-state index contributed by atoms with van der Waals surface area (Å²) >= 11 is 0. The van der Waals surface area contributed by atoms with Crippen molar-refractivity contribution in [2.24, 2.45) is 5.92 Å². The molecular formula is C16H27F7N2O4S. The van der Waals surface area contributed by atoms with Crippen molar-refractivity contribution >= 4 is 16.0 Å². The summed E-state index contributed by atoms with van der Waals surface area (Å²) in [5.74, 6) is -4.70. The van der Waals surface area contributed by atoms with Crippen LogP contribution in [-0.4, -0.2) is 76.4 Å². The van der Waals surface area contributed by atoms with Crippen LogP contribution in [0.5, 0.6) is 0 Å². The van der Waals surface area contributed by atoms with Crippen molar-refractivity contribution in [2.75, 3.05) is 39.5 Å². The summed E-state index contributed by atoms with van der Waals surface area (Å²) in [5.41, 5.74) is -4.05. The third-order valence-corrected chi connectivity index (χ3v) is 5.94. The van der Waals surface area contributed by atoms with E-state index in [-0.39, 0.29) is 37.5 Å². The Morgan fingerprint density at radius 3 is 2.03 bits per heavy atom. The lowest BCUT2D eigenvalue weighted by molar-refractivity contribution is -0.884. The van der Waals surface area contributed by atoms with Gasteiger partial charge < -0.3 is 14.4 Å². The van der Waals surface area contributed by atoms with Gasteiger partial charge in [-0.1, -0.05) is 0 Å². The normalized spacial score (nSPS) is 16.9. The molecule has 30 heavy (non-hydrogen) atoms. The Morgan fingerprint density at radius 1 is 1.07 bits per heavy atom. The smallest absolute Gasteiger partial charge is 0.422 e. The molecule has 14 heteroatoms. The van der Waals surface area contributed by atoms with E-state index in [1.54, 1.807) is 14.1 Å². The minimum absolute atomic E-state index is 0.0183. The maximum absolute atomic E-state index is 13.6. The molecule has 0 amide bonds. The van der Waals surface area contributed by atoms with Crippen LogP contribution in [0.25, 0.3) is 0 Å². The fourth-order valence-corrected chi connectivity index (χ4v) is 3.86. The molecule has 0 spiro atoms. The molecule has 0 aliphatic heterocycles. The minimum atomic E-state index is -5.48. The quantitative estimate of drug-likeness (QED) is 0.249. The van der Waals surface area contributed by atoms with Gasteiger partial charge in [-0.15, -0.1) is 0 Å². The minimum Gasteiger partial charge on any atom is -0.544 e. The van der Waals surface area contributed by atoms with Crippen molar-refractivity contribution in [3.8, 4) is 0 Å². The van der Waals surface area contributed by atoms with E-state index in [1.165, 1.54) is 0 Å². The summed E-state index contributed by atoms with van der Waals surface area (Å²) in [5, 5.41) is 10.6. The van der Waals surface area contributed by atoms with Crippen molar-refractivity contribution in [1.29, 1.82) is 0 Å². The fourth-order valence-electron chi connectivity index (χ4n) is 2.72. The molecule has 1 N–H and O–H groups in total. The summed E-state index contributed by atoms with van der Waals surface area (Å²) in [6, 6.07) is 0. The third kappa shape index (κ3) is 11.3. The first kappa shape index (κ1) is 28.9. The topological polar surface area (TPSA) is 86.3 Å². The zero-order valence-electron chi connectivity index (χ0n) is 16.9. The SMILES string of the molecule is CC(F)(CC(CCCS(=O)(=O)NCCC[N+](C)(C)CC(=O)[O-])C(F)(F)F)C(F)(F)F. The first-order valence-electron chi connectivity index (χ1n) is 9.00. The average Bonchev–Trinajstić information content (AvgIpc) is 2.47. The van der Waals surface area contributed by atoms with Gasteiger partial charge in [0.25, 0.3) is 0 Å². The first-order chi connectivity index (χ1) is 13.2. The lowest BCUT2D eigenvalue weighted by Crippen LogP contribution is -2.49. The molecule has 0 heterocycles. The maximum Gasteiger partial charge on any atom is 0.422 e. The van der Waals surface area contributed by atoms with Crippen molar-refractivity contribution in [2.45, 2.75) is 50.6 Å². The van der Waals surface area contributed by atoms with E-state index >= 15 is 0 Å². The van der Waals surface area contributed by atoms with Crippen LogP contribution < -0.4 is 9.83 Å². The highest BCUT2D eigenvalue weighted by atomic mass is 32.2. The van der Waals surface area contributed by atoms with E-state index in [4.69, 9.17) is 0 Å². The molecule has 180 valence electrons. The van der Waals surface area contributed by atoms with Crippen LogP contribution in [0, 0.1) is 5.92 Å². The van der Waals surface area contributed by atoms with Gasteiger partial charge in [-0.05, 0) is 19.8 Å². The van der Waals surface area contributed by atoms with Gasteiger partial charge in [0.15, 0.2) is 0 Å². The molecule has 0 radical (unpaired) electrons. The van der Waals surface area contributed by atoms with Crippen LogP contribution in [-0.2, 0) is 14.8 Å². The highest BCUT2D eigenvalue weighted by Crippen LogP contribution is 2.43. The van der Waals surface area contributed by atoms with Crippen LogP contribution in [0.4, 0.5) is 30.7 Å². The summed E-state index contributed by atoms with van der Waals surface area (Å²) in [6.07, 6.45) is -13.8. The molecule has 0 aromatic carbocycles. The number of quaternary nitrogens is 1. The Morgan fingerprint density at radius 2 is 1.60 bits per heavy atom. The van der Waals surface area contributed by atoms with Gasteiger partial charge in [-0.2, -0.15) is 26.3 Å². The molecule has 0 saturated carbocycles. The Labute approximate surface area is 171 Å². The molecule has 0 saturated heterocycles. The summed E-state index contributed by atoms with van der Waals surface area (Å²) in [6.45, 7) is -0.100. The van der Waals surface area contributed by atoms with E-state index in [0.29, 0.717) is 0 Å². The number of nitrogens with zero attached hydrogens (tertiary/aromatic N) is 1. The van der Waals surface area contributed by atoms with Gasteiger partial charge in [0, 0.05) is 19.4 Å². The number of alkyl halides is 7. The van der Waals surface area contributed by atoms with E-state index < -0.39 is 64.9 Å². The summed E-state index contributed by atoms with van der Waals surface area (Å²) in [7, 11) is -0.836. The first-order valence-corrected chi connectivity index (χ1v) is 10.7. The van der Waals surface area contributed by atoms with Gasteiger partial charge >= 0.3 is 12.4 Å². The Kier molecular flexibility index (Phi) is 10.0. The number of carboxylic acid groups (broad SMARTS) is 1. The van der Waals surface area contributed by atoms with E-state index in [9.17, 15) is 49.1 Å². The van der Waals surface area contributed by atoms with Crippen molar-refractivity contribution in [3.05, 3.63) is 0 Å². The molecule has 0 aliphatic carbocycles. The van der Waals surface area contributed by atoms with Gasteiger partial charge in [-0.3, -0.25) is 0 Å². The maximum atomic E-state index is 13.6. The number of halogens is 7. The summed E-state index contributed by atoms with van der Waals surface area (Å²) in [4.78, 5) is 10.6. The molecule has 0 aromatic rings. The third-order valence-electron chi connectivity index (χ3n) is 4.47. The van der Waals surface area contributed by atoms with Crippen LogP contribution >= 0.6 is 0 Å². The lowest BCUT2D eigenvalue weighted by Gasteiger charge is -2.30. The van der Waals surface area contributed by atoms with E-state index in [1.807, 2.05) is 0 Å². The Hall–Kier alpha value is -1.15. The standard InChI is InChI=1S/C16H27F7N2O4S/c1-14(17,16(21,22)23)10-12(15(18,19)20)6-4-9-30(28,29)24-7-5-8-25(2,3)11-13(26)27/h12,24H,4-11H2,1-3H3. The van der Waals surface area contributed by atoms with Gasteiger partial charge in [0.05, 0.1) is 38.3 Å². The number of likely N-dealkylation sites (N-methyl/N-ethyl adjacent to an activating group) is 1. The highest BCUT2D eigenvalue weighted by Gasteiger charge is 2.56. The van der Waals surface area contributed by atoms with E-state index in [2.05, 4.69) is 4.72 Å². The van der Waals surface area contributed by atoms with Crippen molar-refractivity contribution in [1.82, 2.24) is 4.72 Å². The molecule has 0 fully saturated rings. The Bertz CT molecular complexity index is 661. The Balaban J connectivity index is 4.64. The molecule has 2 atom stereocenters. The van der Waals surface area contributed by atoms with Gasteiger partial charge in [0.2, 0.25) is 15.7 Å². The number of carbonyl (C=O) groups excluding carboxylic acids is 1. The number of hydrogen-bond donors (Lipinski definition) is 1. The molecule has 6 nitrogen and oxygen atoms in total. The molecule has 0 bridgehead atoms. The molecule has 0 rings (SSSR count). The predicted octanol–water partition coefficient (Wildman–Crippen LogP) is 1.76. The molecule has 2 unspecified atom stereocenters. The lowest BCUT2D eigenvalue weighted by atomic mass is 9.89. The zero-order chi connectivity index (χ0) is 24.0. The average molecular weight is 476 g/mol. The monoisotopic (exact) mass is 476 g/mol. The van der Waals surface area contributed by atoms with Crippen molar-refractivity contribution in [3.63, 3.8) is 0 Å². The molecule has 0 aliphatic rings. The number of hydrogen-bond acceptors (Lipinski definition) is 4. The molecule has 0 aromatic heterocycles. The highest BCUT2D eigenvalue weighted by molar-refractivity contribution is 7.89. The number of rotatable bonds is 13. The second kappa shape index (κ2) is 10.4. The van der Waals surface area contributed by atoms with Crippen LogP contribution in [0.15, 0.2) is 0 Å².